The maximum atomic E-state index is 3.39. The molecule has 0 aliphatic heterocycles. The molecule has 1 N–H and O–H groups in total. The SMILES string of the molecule is c1ccc2c(-c3ccn4ccccc34)[nH]cc2c1. The smallest absolute Gasteiger partial charge is 0.0555 e. The first-order valence-electron chi connectivity index (χ1n) is 6.06. The average Bonchev–Trinajstić information content (AvgIpc) is 3.01. The molecule has 0 amide bonds. The number of hydrogen-bond donors (Lipinski definition) is 1. The van der Waals surface area contributed by atoms with Gasteiger partial charge in [0.2, 0.25) is 0 Å². The van der Waals surface area contributed by atoms with Crippen LogP contribution in [0.1, 0.15) is 0 Å². The van der Waals surface area contributed by atoms with E-state index in [2.05, 4.69) is 70.4 Å². The lowest BCUT2D eigenvalue weighted by Gasteiger charge is -1.99. The Balaban J connectivity index is 2.08. The summed E-state index contributed by atoms with van der Waals surface area (Å²) in [5.74, 6) is 0. The second-order valence-corrected chi connectivity index (χ2v) is 4.47. The lowest BCUT2D eigenvalue weighted by Crippen LogP contribution is -1.81. The molecule has 3 aromatic heterocycles. The van der Waals surface area contributed by atoms with Crippen molar-refractivity contribution in [3.8, 4) is 11.3 Å². The Morgan fingerprint density at radius 1 is 0.833 bits per heavy atom. The number of H-pyrrole nitrogens is 1. The Labute approximate surface area is 104 Å². The number of benzene rings is 1. The number of nitrogens with one attached hydrogen (secondary N) is 1. The van der Waals surface area contributed by atoms with Crippen molar-refractivity contribution in [3.05, 3.63) is 67.1 Å². The maximum Gasteiger partial charge on any atom is 0.0555 e. The molecule has 0 atom stereocenters. The first-order valence-corrected chi connectivity index (χ1v) is 6.06. The van der Waals surface area contributed by atoms with E-state index >= 15 is 0 Å². The van der Waals surface area contributed by atoms with Crippen LogP contribution in [-0.4, -0.2) is 9.38 Å². The molecule has 0 spiro atoms. The van der Waals surface area contributed by atoms with E-state index in [0.29, 0.717) is 0 Å². The van der Waals surface area contributed by atoms with E-state index in [1.54, 1.807) is 0 Å². The summed E-state index contributed by atoms with van der Waals surface area (Å²) in [6, 6.07) is 16.9. The molecule has 3 heterocycles. The minimum absolute atomic E-state index is 1.19. The highest BCUT2D eigenvalue weighted by molar-refractivity contribution is 5.99. The molecule has 1 aromatic carbocycles. The first kappa shape index (κ1) is 9.54. The maximum absolute atomic E-state index is 3.39. The van der Waals surface area contributed by atoms with Crippen molar-refractivity contribution < 1.29 is 0 Å². The van der Waals surface area contributed by atoms with Gasteiger partial charge in [0.25, 0.3) is 0 Å². The third-order valence-corrected chi connectivity index (χ3v) is 3.44. The summed E-state index contributed by atoms with van der Waals surface area (Å²) < 4.78 is 2.14. The predicted octanol–water partition coefficient (Wildman–Crippen LogP) is 4.09. The van der Waals surface area contributed by atoms with Crippen LogP contribution in [-0.2, 0) is 0 Å². The second kappa shape index (κ2) is 3.50. The standard InChI is InChI=1S/C16H12N2/c1-2-6-13-12(5-1)11-17-16(13)14-8-10-18-9-4-3-7-15(14)18/h1-11,17H. The second-order valence-electron chi connectivity index (χ2n) is 4.47. The molecule has 0 aliphatic carbocycles. The molecule has 0 saturated heterocycles. The van der Waals surface area contributed by atoms with Gasteiger partial charge in [0.05, 0.1) is 11.2 Å². The summed E-state index contributed by atoms with van der Waals surface area (Å²) in [5, 5.41) is 2.53. The normalized spacial score (nSPS) is 11.3. The zero-order valence-corrected chi connectivity index (χ0v) is 9.80. The molecule has 2 heteroatoms. The molecule has 86 valence electrons. The zero-order valence-electron chi connectivity index (χ0n) is 9.80. The monoisotopic (exact) mass is 232 g/mol. The number of pyridine rings is 1. The van der Waals surface area contributed by atoms with E-state index in [4.69, 9.17) is 0 Å². The van der Waals surface area contributed by atoms with Crippen molar-refractivity contribution in [2.45, 2.75) is 0 Å². The van der Waals surface area contributed by atoms with Crippen molar-refractivity contribution in [2.24, 2.45) is 0 Å². The third kappa shape index (κ3) is 1.23. The van der Waals surface area contributed by atoms with Gasteiger partial charge in [0.1, 0.15) is 0 Å². The van der Waals surface area contributed by atoms with E-state index < -0.39 is 0 Å². The Kier molecular flexibility index (Phi) is 1.86. The summed E-state index contributed by atoms with van der Waals surface area (Å²) >= 11 is 0. The fourth-order valence-electron chi connectivity index (χ4n) is 2.57. The molecular formula is C16H12N2. The summed E-state index contributed by atoms with van der Waals surface area (Å²) in [7, 11) is 0. The number of hydrogen-bond acceptors (Lipinski definition) is 0. The van der Waals surface area contributed by atoms with Crippen LogP contribution in [0.3, 0.4) is 0 Å². The van der Waals surface area contributed by atoms with Gasteiger partial charge in [-0.05, 0) is 23.6 Å². The highest BCUT2D eigenvalue weighted by Crippen LogP contribution is 2.31. The first-order chi connectivity index (χ1) is 8.93. The molecule has 4 rings (SSSR count). The van der Waals surface area contributed by atoms with E-state index in [1.165, 1.54) is 27.5 Å². The van der Waals surface area contributed by atoms with Gasteiger partial charge in [-0.2, -0.15) is 0 Å². The molecule has 0 aliphatic rings. The lowest BCUT2D eigenvalue weighted by molar-refractivity contribution is 1.20. The van der Waals surface area contributed by atoms with E-state index in [1.807, 2.05) is 6.07 Å². The van der Waals surface area contributed by atoms with E-state index in [0.717, 1.165) is 0 Å². The molecular weight excluding hydrogens is 220 g/mol. The van der Waals surface area contributed by atoms with Crippen LogP contribution in [0.4, 0.5) is 0 Å². The highest BCUT2D eigenvalue weighted by Gasteiger charge is 2.09. The number of rotatable bonds is 1. The van der Waals surface area contributed by atoms with Crippen molar-refractivity contribution >= 4 is 16.3 Å². The number of fused-ring (bicyclic) bond motifs is 2. The van der Waals surface area contributed by atoms with Gasteiger partial charge < -0.3 is 9.38 Å². The van der Waals surface area contributed by atoms with Gasteiger partial charge in [-0.3, -0.25) is 0 Å². The summed E-state index contributed by atoms with van der Waals surface area (Å²) in [4.78, 5) is 3.39. The Morgan fingerprint density at radius 3 is 2.72 bits per heavy atom. The number of aromatic nitrogens is 2. The van der Waals surface area contributed by atoms with Crippen LogP contribution in [0.2, 0.25) is 0 Å². The van der Waals surface area contributed by atoms with Gasteiger partial charge in [0, 0.05) is 29.5 Å². The summed E-state index contributed by atoms with van der Waals surface area (Å²) in [5.41, 5.74) is 3.67. The zero-order chi connectivity index (χ0) is 11.9. The van der Waals surface area contributed by atoms with Crippen LogP contribution in [0.25, 0.3) is 27.5 Å². The van der Waals surface area contributed by atoms with Crippen molar-refractivity contribution in [1.82, 2.24) is 9.38 Å². The van der Waals surface area contributed by atoms with Gasteiger partial charge in [-0.1, -0.05) is 30.3 Å². The van der Waals surface area contributed by atoms with Crippen LogP contribution in [0.15, 0.2) is 67.1 Å². The van der Waals surface area contributed by atoms with Crippen molar-refractivity contribution in [3.63, 3.8) is 0 Å². The molecule has 4 aromatic rings. The Morgan fingerprint density at radius 2 is 1.72 bits per heavy atom. The van der Waals surface area contributed by atoms with Crippen molar-refractivity contribution in [2.75, 3.05) is 0 Å². The minimum atomic E-state index is 1.19. The quantitative estimate of drug-likeness (QED) is 0.510. The fraction of sp³-hybridized carbons (Fsp3) is 0. The third-order valence-electron chi connectivity index (χ3n) is 3.44. The summed E-state index contributed by atoms with van der Waals surface area (Å²) in [6.45, 7) is 0. The lowest BCUT2D eigenvalue weighted by atomic mass is 10.1. The topological polar surface area (TPSA) is 20.2 Å². The Bertz CT molecular complexity index is 764. The summed E-state index contributed by atoms with van der Waals surface area (Å²) in [6.07, 6.45) is 6.24. The largest absolute Gasteiger partial charge is 0.360 e. The molecule has 18 heavy (non-hydrogen) atoms. The van der Waals surface area contributed by atoms with Gasteiger partial charge in [-0.15, -0.1) is 0 Å². The van der Waals surface area contributed by atoms with Gasteiger partial charge >= 0.3 is 0 Å². The average molecular weight is 232 g/mol. The highest BCUT2D eigenvalue weighted by atomic mass is 14.9. The molecule has 0 unspecified atom stereocenters. The van der Waals surface area contributed by atoms with Crippen LogP contribution in [0, 0.1) is 0 Å². The van der Waals surface area contributed by atoms with E-state index in [9.17, 15) is 0 Å². The molecule has 0 saturated carbocycles. The van der Waals surface area contributed by atoms with Crippen LogP contribution >= 0.6 is 0 Å². The number of nitrogens with zero attached hydrogens (tertiary/aromatic N) is 1. The van der Waals surface area contributed by atoms with Gasteiger partial charge in [0.15, 0.2) is 0 Å². The predicted molar refractivity (Wildman–Crippen MR) is 74.7 cm³/mol. The minimum Gasteiger partial charge on any atom is -0.360 e. The number of aromatic amines is 1. The van der Waals surface area contributed by atoms with E-state index in [-0.39, 0.29) is 0 Å². The molecule has 0 bridgehead atoms. The fourth-order valence-corrected chi connectivity index (χ4v) is 2.57. The Hall–Kier alpha value is -2.48. The van der Waals surface area contributed by atoms with Crippen LogP contribution < -0.4 is 0 Å². The van der Waals surface area contributed by atoms with Gasteiger partial charge in [-0.25, -0.2) is 0 Å². The van der Waals surface area contributed by atoms with Crippen molar-refractivity contribution in [1.29, 1.82) is 0 Å². The van der Waals surface area contributed by atoms with Crippen LogP contribution in [0.5, 0.6) is 0 Å². The molecule has 2 nitrogen and oxygen atoms in total. The molecule has 0 fully saturated rings. The molecule has 0 radical (unpaired) electrons.